The van der Waals surface area contributed by atoms with E-state index in [2.05, 4.69) is 25.5 Å². The zero-order valence-electron chi connectivity index (χ0n) is 16.9. The van der Waals surface area contributed by atoms with Crippen LogP contribution in [0.1, 0.15) is 6.42 Å². The first-order valence-electron chi connectivity index (χ1n) is 10.3. The maximum atomic E-state index is 12.7. The third kappa shape index (κ3) is 5.21. The van der Waals surface area contributed by atoms with E-state index in [9.17, 15) is 4.79 Å². The molecule has 1 atom stereocenters. The van der Waals surface area contributed by atoms with E-state index in [4.69, 9.17) is 4.74 Å². The van der Waals surface area contributed by atoms with Gasteiger partial charge in [-0.2, -0.15) is 5.10 Å². The molecule has 0 saturated carbocycles. The predicted octanol–water partition coefficient (Wildman–Crippen LogP) is 2.00. The summed E-state index contributed by atoms with van der Waals surface area (Å²) in [5.74, 6) is 0.528. The fourth-order valence-electron chi connectivity index (χ4n) is 3.46. The summed E-state index contributed by atoms with van der Waals surface area (Å²) >= 11 is 0. The van der Waals surface area contributed by atoms with Crippen LogP contribution in [0, 0.1) is 5.92 Å². The number of nitrogens with zero attached hydrogens (tertiary/aromatic N) is 5. The maximum Gasteiger partial charge on any atom is 0.227 e. The average molecular weight is 406 g/mol. The summed E-state index contributed by atoms with van der Waals surface area (Å²) in [6, 6.07) is 15.8. The largest absolute Gasteiger partial charge is 0.379 e. The Kier molecular flexibility index (Phi) is 6.66. The van der Waals surface area contributed by atoms with Gasteiger partial charge in [0.25, 0.3) is 0 Å². The number of benzene rings is 1. The number of aryl methyl sites for hydroxylation is 1. The molecule has 1 aliphatic rings. The molecule has 1 unspecified atom stereocenters. The number of amides is 1. The molecular weight excluding hydrogens is 380 g/mol. The molecule has 0 spiro atoms. The number of carbonyl (C=O) groups excluding carboxylic acids is 1. The molecular formula is C22H26N6O2. The molecule has 1 amide bonds. The summed E-state index contributed by atoms with van der Waals surface area (Å²) in [5, 5.41) is 16.0. The van der Waals surface area contributed by atoms with Crippen LogP contribution in [0.4, 0.5) is 5.82 Å². The van der Waals surface area contributed by atoms with E-state index in [1.807, 2.05) is 59.4 Å². The molecule has 3 heterocycles. The monoisotopic (exact) mass is 406 g/mol. The molecule has 0 bridgehead atoms. The Morgan fingerprint density at radius 2 is 2.03 bits per heavy atom. The van der Waals surface area contributed by atoms with Crippen molar-refractivity contribution in [1.82, 2.24) is 25.3 Å². The average Bonchev–Trinajstić information content (AvgIpc) is 3.19. The van der Waals surface area contributed by atoms with Crippen LogP contribution >= 0.6 is 0 Å². The van der Waals surface area contributed by atoms with Crippen LogP contribution in [0.25, 0.3) is 11.3 Å². The second kappa shape index (κ2) is 9.98. The molecule has 30 heavy (non-hydrogen) atoms. The fraction of sp³-hybridized carbons (Fsp3) is 0.364. The van der Waals surface area contributed by atoms with E-state index in [0.717, 1.165) is 30.0 Å². The van der Waals surface area contributed by atoms with Crippen LogP contribution in [0.5, 0.6) is 0 Å². The van der Waals surface area contributed by atoms with Crippen LogP contribution in [0.15, 0.2) is 60.9 Å². The summed E-state index contributed by atoms with van der Waals surface area (Å²) in [5.41, 5.74) is 1.86. The second-order valence-electron chi connectivity index (χ2n) is 7.27. The molecule has 1 fully saturated rings. The third-order valence-electron chi connectivity index (χ3n) is 5.10. The van der Waals surface area contributed by atoms with Gasteiger partial charge in [0.15, 0.2) is 5.82 Å². The molecule has 0 radical (unpaired) electrons. The van der Waals surface area contributed by atoms with Gasteiger partial charge in [0.1, 0.15) is 0 Å². The van der Waals surface area contributed by atoms with Crippen molar-refractivity contribution in [2.24, 2.45) is 5.92 Å². The van der Waals surface area contributed by atoms with Gasteiger partial charge in [-0.15, -0.1) is 10.2 Å². The molecule has 1 N–H and O–H groups in total. The fourth-order valence-corrected chi connectivity index (χ4v) is 3.46. The van der Waals surface area contributed by atoms with Crippen molar-refractivity contribution in [1.29, 1.82) is 0 Å². The predicted molar refractivity (Wildman–Crippen MR) is 114 cm³/mol. The van der Waals surface area contributed by atoms with Crippen LogP contribution in [-0.2, 0) is 16.1 Å². The number of aromatic nitrogens is 4. The van der Waals surface area contributed by atoms with Crippen molar-refractivity contribution in [3.05, 3.63) is 60.9 Å². The van der Waals surface area contributed by atoms with Gasteiger partial charge in [-0.25, -0.2) is 0 Å². The lowest BCUT2D eigenvalue weighted by molar-refractivity contribution is -0.126. The molecule has 8 heteroatoms. The van der Waals surface area contributed by atoms with Crippen LogP contribution in [0.2, 0.25) is 0 Å². The first-order valence-corrected chi connectivity index (χ1v) is 10.3. The highest BCUT2D eigenvalue weighted by Gasteiger charge is 2.25. The quantitative estimate of drug-likeness (QED) is 0.604. The van der Waals surface area contributed by atoms with Gasteiger partial charge in [-0.1, -0.05) is 30.3 Å². The van der Waals surface area contributed by atoms with Crippen LogP contribution in [-0.4, -0.2) is 58.7 Å². The van der Waals surface area contributed by atoms with Gasteiger partial charge in [-0.05, 0) is 24.6 Å². The lowest BCUT2D eigenvalue weighted by Gasteiger charge is -2.23. The number of ether oxygens (including phenoxy) is 1. The lowest BCUT2D eigenvalue weighted by atomic mass is 10.1. The van der Waals surface area contributed by atoms with Crippen LogP contribution in [0.3, 0.4) is 0 Å². The standard InChI is InChI=1S/C22H26N6O2/c29-22(23-10-4-12-28-13-5-11-24-28)19-16-27(14-15-30-17-19)21-9-8-20(25-26-21)18-6-2-1-3-7-18/h1-3,5-9,11,13,19H,4,10,12,14-17H2,(H,23,29). The molecule has 0 aliphatic carbocycles. The topological polar surface area (TPSA) is 85.2 Å². The summed E-state index contributed by atoms with van der Waals surface area (Å²) in [6.45, 7) is 3.61. The Morgan fingerprint density at radius 3 is 2.80 bits per heavy atom. The lowest BCUT2D eigenvalue weighted by Crippen LogP contribution is -2.40. The Labute approximate surface area is 175 Å². The molecule has 2 aromatic heterocycles. The van der Waals surface area contributed by atoms with E-state index in [-0.39, 0.29) is 11.8 Å². The van der Waals surface area contributed by atoms with Crippen molar-refractivity contribution in [3.8, 4) is 11.3 Å². The Bertz CT molecular complexity index is 915. The maximum absolute atomic E-state index is 12.7. The number of hydrogen-bond donors (Lipinski definition) is 1. The highest BCUT2D eigenvalue weighted by Crippen LogP contribution is 2.20. The highest BCUT2D eigenvalue weighted by atomic mass is 16.5. The minimum atomic E-state index is -0.243. The summed E-state index contributed by atoms with van der Waals surface area (Å²) in [6.07, 6.45) is 4.51. The van der Waals surface area contributed by atoms with Gasteiger partial charge in [-0.3, -0.25) is 9.48 Å². The molecule has 1 aliphatic heterocycles. The SMILES string of the molecule is O=C(NCCCn1cccn1)C1COCCN(c2ccc(-c3ccccc3)nn2)C1. The minimum Gasteiger partial charge on any atom is -0.379 e. The third-order valence-corrected chi connectivity index (χ3v) is 5.10. The van der Waals surface area contributed by atoms with Gasteiger partial charge in [0.2, 0.25) is 5.91 Å². The zero-order valence-corrected chi connectivity index (χ0v) is 16.9. The van der Waals surface area contributed by atoms with E-state index in [0.29, 0.717) is 32.8 Å². The number of nitrogens with one attached hydrogen (secondary N) is 1. The Hall–Kier alpha value is -3.26. The molecule has 3 aromatic rings. The first-order chi connectivity index (χ1) is 14.8. The van der Waals surface area contributed by atoms with Gasteiger partial charge in [0, 0.05) is 44.1 Å². The van der Waals surface area contributed by atoms with Gasteiger partial charge >= 0.3 is 0 Å². The van der Waals surface area contributed by atoms with Crippen LogP contribution < -0.4 is 10.2 Å². The molecule has 1 saturated heterocycles. The smallest absolute Gasteiger partial charge is 0.227 e. The molecule has 156 valence electrons. The highest BCUT2D eigenvalue weighted by molar-refractivity contribution is 5.79. The van der Waals surface area contributed by atoms with E-state index >= 15 is 0 Å². The normalized spacial score (nSPS) is 16.8. The van der Waals surface area contributed by atoms with Gasteiger partial charge in [0.05, 0.1) is 24.8 Å². The minimum absolute atomic E-state index is 0.0104. The molecule has 8 nitrogen and oxygen atoms in total. The van der Waals surface area contributed by atoms with E-state index < -0.39 is 0 Å². The van der Waals surface area contributed by atoms with Crippen molar-refractivity contribution in [2.45, 2.75) is 13.0 Å². The molecule has 1 aromatic carbocycles. The second-order valence-corrected chi connectivity index (χ2v) is 7.27. The number of anilines is 1. The van der Waals surface area contributed by atoms with E-state index in [1.165, 1.54) is 0 Å². The number of hydrogen-bond acceptors (Lipinski definition) is 6. The van der Waals surface area contributed by atoms with Crippen molar-refractivity contribution in [2.75, 3.05) is 37.7 Å². The number of rotatable bonds is 7. The first kappa shape index (κ1) is 20.0. The Morgan fingerprint density at radius 1 is 1.13 bits per heavy atom. The zero-order chi connectivity index (χ0) is 20.6. The summed E-state index contributed by atoms with van der Waals surface area (Å²) < 4.78 is 7.53. The summed E-state index contributed by atoms with van der Waals surface area (Å²) in [4.78, 5) is 14.7. The van der Waals surface area contributed by atoms with Gasteiger partial charge < -0.3 is 15.0 Å². The van der Waals surface area contributed by atoms with E-state index in [1.54, 1.807) is 6.20 Å². The van der Waals surface area contributed by atoms with Crippen molar-refractivity contribution in [3.63, 3.8) is 0 Å². The summed E-state index contributed by atoms with van der Waals surface area (Å²) in [7, 11) is 0. The Balaban J connectivity index is 1.32. The molecule has 4 rings (SSSR count). The number of carbonyl (C=O) groups is 1. The van der Waals surface area contributed by atoms with Crippen molar-refractivity contribution >= 4 is 11.7 Å². The van der Waals surface area contributed by atoms with Crippen molar-refractivity contribution < 1.29 is 9.53 Å².